The van der Waals surface area contributed by atoms with Gasteiger partial charge in [-0.3, -0.25) is 0 Å². The average molecular weight is 282 g/mol. The van der Waals surface area contributed by atoms with E-state index in [9.17, 15) is 4.39 Å². The first-order chi connectivity index (χ1) is 10.1. The predicted molar refractivity (Wildman–Crippen MR) is 82.5 cm³/mol. The molecule has 2 N–H and O–H groups in total. The molecule has 3 aromatic rings. The zero-order valence-electron chi connectivity index (χ0n) is 11.6. The third-order valence-corrected chi connectivity index (χ3v) is 3.31. The average Bonchev–Trinajstić information content (AvgIpc) is 2.46. The number of fused-ring (bicyclic) bond motifs is 1. The fourth-order valence-electron chi connectivity index (χ4n) is 2.35. The van der Waals surface area contributed by atoms with Crippen LogP contribution >= 0.6 is 0 Å². The summed E-state index contributed by atoms with van der Waals surface area (Å²) in [6.45, 7) is 0.554. The molecule has 0 aliphatic rings. The van der Waals surface area contributed by atoms with Gasteiger partial charge in [-0.25, -0.2) is 14.4 Å². The van der Waals surface area contributed by atoms with E-state index in [1.165, 1.54) is 18.5 Å². The van der Waals surface area contributed by atoms with Crippen LogP contribution in [0.15, 0.2) is 48.8 Å². The van der Waals surface area contributed by atoms with Gasteiger partial charge in [-0.2, -0.15) is 0 Å². The summed E-state index contributed by atoms with van der Waals surface area (Å²) in [4.78, 5) is 10.5. The molecule has 5 heteroatoms. The standard InChI is InChI=1S/C16H15FN4/c1-21(9-11-3-2-4-12(17)7-11)16-14-8-13(18)5-6-15(14)19-10-20-16/h2-8,10H,9,18H2,1H3. The Morgan fingerprint density at radius 3 is 2.81 bits per heavy atom. The normalized spacial score (nSPS) is 10.8. The van der Waals surface area contributed by atoms with Gasteiger partial charge in [-0.15, -0.1) is 0 Å². The van der Waals surface area contributed by atoms with E-state index in [1.54, 1.807) is 6.07 Å². The van der Waals surface area contributed by atoms with Crippen molar-refractivity contribution in [3.63, 3.8) is 0 Å². The van der Waals surface area contributed by atoms with E-state index in [0.717, 1.165) is 22.3 Å². The molecule has 1 heterocycles. The van der Waals surface area contributed by atoms with Crippen molar-refractivity contribution in [2.45, 2.75) is 6.54 Å². The first-order valence-corrected chi connectivity index (χ1v) is 6.59. The van der Waals surface area contributed by atoms with Crippen molar-refractivity contribution in [3.8, 4) is 0 Å². The number of nitrogens with two attached hydrogens (primary N) is 1. The number of nitrogen functional groups attached to an aromatic ring is 1. The zero-order valence-corrected chi connectivity index (χ0v) is 11.6. The smallest absolute Gasteiger partial charge is 0.139 e. The molecule has 0 atom stereocenters. The summed E-state index contributed by atoms with van der Waals surface area (Å²) in [6.07, 6.45) is 1.52. The SMILES string of the molecule is CN(Cc1cccc(F)c1)c1ncnc2ccc(N)cc12. The lowest BCUT2D eigenvalue weighted by Gasteiger charge is -2.19. The van der Waals surface area contributed by atoms with Crippen LogP contribution in [-0.2, 0) is 6.54 Å². The highest BCUT2D eigenvalue weighted by Crippen LogP contribution is 2.25. The Bertz CT molecular complexity index is 788. The first kappa shape index (κ1) is 13.3. The molecule has 4 nitrogen and oxygen atoms in total. The van der Waals surface area contributed by atoms with Crippen LogP contribution in [0.3, 0.4) is 0 Å². The maximum absolute atomic E-state index is 13.3. The summed E-state index contributed by atoms with van der Waals surface area (Å²) in [6, 6.07) is 12.1. The van der Waals surface area contributed by atoms with Crippen LogP contribution in [0.1, 0.15) is 5.56 Å². The summed E-state index contributed by atoms with van der Waals surface area (Å²) in [5, 5.41) is 0.886. The molecular weight excluding hydrogens is 267 g/mol. The van der Waals surface area contributed by atoms with Gasteiger partial charge in [0.2, 0.25) is 0 Å². The monoisotopic (exact) mass is 282 g/mol. The molecule has 3 rings (SSSR count). The van der Waals surface area contributed by atoms with Crippen molar-refractivity contribution in [1.82, 2.24) is 9.97 Å². The number of aromatic nitrogens is 2. The van der Waals surface area contributed by atoms with Crippen LogP contribution in [0.25, 0.3) is 10.9 Å². The molecule has 0 saturated heterocycles. The Hall–Kier alpha value is -2.69. The summed E-state index contributed by atoms with van der Waals surface area (Å²) in [7, 11) is 1.91. The molecule has 0 radical (unpaired) electrons. The van der Waals surface area contributed by atoms with Crippen molar-refractivity contribution in [3.05, 3.63) is 60.2 Å². The van der Waals surface area contributed by atoms with Gasteiger partial charge in [0, 0.05) is 24.7 Å². The molecule has 0 spiro atoms. The molecule has 21 heavy (non-hydrogen) atoms. The highest BCUT2D eigenvalue weighted by Gasteiger charge is 2.10. The number of nitrogens with zero attached hydrogens (tertiary/aromatic N) is 3. The van der Waals surface area contributed by atoms with E-state index in [0.29, 0.717) is 12.2 Å². The predicted octanol–water partition coefficient (Wildman–Crippen LogP) is 2.99. The van der Waals surface area contributed by atoms with Gasteiger partial charge in [-0.1, -0.05) is 12.1 Å². The summed E-state index contributed by atoms with van der Waals surface area (Å²) < 4.78 is 13.3. The largest absolute Gasteiger partial charge is 0.399 e. The molecular formula is C16H15FN4. The highest BCUT2D eigenvalue weighted by atomic mass is 19.1. The number of rotatable bonds is 3. The molecule has 0 amide bonds. The molecule has 0 fully saturated rings. The number of benzene rings is 2. The second-order valence-corrected chi connectivity index (χ2v) is 4.96. The van der Waals surface area contributed by atoms with Crippen molar-refractivity contribution in [2.75, 3.05) is 17.7 Å². The van der Waals surface area contributed by atoms with Crippen LogP contribution in [-0.4, -0.2) is 17.0 Å². The third-order valence-electron chi connectivity index (χ3n) is 3.31. The lowest BCUT2D eigenvalue weighted by Crippen LogP contribution is -2.18. The molecule has 0 aliphatic heterocycles. The maximum Gasteiger partial charge on any atom is 0.139 e. The Labute approximate surface area is 122 Å². The number of hydrogen-bond donors (Lipinski definition) is 1. The molecule has 1 aromatic heterocycles. The second-order valence-electron chi connectivity index (χ2n) is 4.96. The van der Waals surface area contributed by atoms with E-state index in [2.05, 4.69) is 9.97 Å². The van der Waals surface area contributed by atoms with Crippen molar-refractivity contribution in [2.24, 2.45) is 0 Å². The van der Waals surface area contributed by atoms with E-state index in [-0.39, 0.29) is 5.82 Å². The van der Waals surface area contributed by atoms with Gasteiger partial charge < -0.3 is 10.6 Å². The van der Waals surface area contributed by atoms with Crippen LogP contribution in [0.5, 0.6) is 0 Å². The molecule has 0 aliphatic carbocycles. The van der Waals surface area contributed by atoms with E-state index in [1.807, 2.05) is 36.2 Å². The molecule has 106 valence electrons. The molecule has 0 bridgehead atoms. The summed E-state index contributed by atoms with van der Waals surface area (Å²) >= 11 is 0. The van der Waals surface area contributed by atoms with Gasteiger partial charge in [0.25, 0.3) is 0 Å². The zero-order chi connectivity index (χ0) is 14.8. The van der Waals surface area contributed by atoms with Crippen LogP contribution in [0.2, 0.25) is 0 Å². The Balaban J connectivity index is 1.98. The van der Waals surface area contributed by atoms with Crippen molar-refractivity contribution in [1.29, 1.82) is 0 Å². The van der Waals surface area contributed by atoms with Crippen molar-refractivity contribution >= 4 is 22.4 Å². The topological polar surface area (TPSA) is 55.0 Å². The van der Waals surface area contributed by atoms with Gasteiger partial charge in [0.15, 0.2) is 0 Å². The van der Waals surface area contributed by atoms with Crippen LogP contribution in [0.4, 0.5) is 15.9 Å². The number of anilines is 2. The summed E-state index contributed by atoms with van der Waals surface area (Å²) in [5.41, 5.74) is 8.22. The fourth-order valence-corrected chi connectivity index (χ4v) is 2.35. The maximum atomic E-state index is 13.3. The second kappa shape index (κ2) is 5.36. The third kappa shape index (κ3) is 2.76. The Morgan fingerprint density at radius 2 is 2.00 bits per heavy atom. The van der Waals surface area contributed by atoms with E-state index in [4.69, 9.17) is 5.73 Å². The van der Waals surface area contributed by atoms with E-state index >= 15 is 0 Å². The van der Waals surface area contributed by atoms with Crippen molar-refractivity contribution < 1.29 is 4.39 Å². The van der Waals surface area contributed by atoms with E-state index < -0.39 is 0 Å². The van der Waals surface area contributed by atoms with Crippen LogP contribution in [0, 0.1) is 5.82 Å². The minimum atomic E-state index is -0.238. The lowest BCUT2D eigenvalue weighted by atomic mass is 10.2. The minimum Gasteiger partial charge on any atom is -0.399 e. The van der Waals surface area contributed by atoms with Gasteiger partial charge in [0.1, 0.15) is 18.0 Å². The molecule has 0 unspecified atom stereocenters. The Kier molecular flexibility index (Phi) is 3.39. The highest BCUT2D eigenvalue weighted by molar-refractivity contribution is 5.91. The molecule has 0 saturated carbocycles. The lowest BCUT2D eigenvalue weighted by molar-refractivity contribution is 0.625. The minimum absolute atomic E-state index is 0.238. The first-order valence-electron chi connectivity index (χ1n) is 6.59. The number of halogens is 1. The molecule has 2 aromatic carbocycles. The fraction of sp³-hybridized carbons (Fsp3) is 0.125. The number of hydrogen-bond acceptors (Lipinski definition) is 4. The Morgan fingerprint density at radius 1 is 1.14 bits per heavy atom. The summed E-state index contributed by atoms with van der Waals surface area (Å²) in [5.74, 6) is 0.536. The van der Waals surface area contributed by atoms with Gasteiger partial charge in [0.05, 0.1) is 5.52 Å². The quantitative estimate of drug-likeness (QED) is 0.750. The van der Waals surface area contributed by atoms with Crippen LogP contribution < -0.4 is 10.6 Å². The van der Waals surface area contributed by atoms with Gasteiger partial charge >= 0.3 is 0 Å². The van der Waals surface area contributed by atoms with Gasteiger partial charge in [-0.05, 0) is 35.9 Å².